The largest absolute Gasteiger partial charge is 0.465 e. The lowest BCUT2D eigenvalue weighted by Crippen LogP contribution is -2.62. The molecule has 0 radical (unpaired) electrons. The zero-order chi connectivity index (χ0) is 14.9. The summed E-state index contributed by atoms with van der Waals surface area (Å²) in [6.45, 7) is 4.69. The second-order valence-corrected chi connectivity index (χ2v) is 5.20. The van der Waals surface area contributed by atoms with Crippen LogP contribution in [0.25, 0.3) is 0 Å². The van der Waals surface area contributed by atoms with Crippen LogP contribution in [0.3, 0.4) is 0 Å². The van der Waals surface area contributed by atoms with Gasteiger partial charge < -0.3 is 20.7 Å². The normalized spacial score (nSPS) is 17.6. The van der Waals surface area contributed by atoms with Crippen LogP contribution in [-0.2, 0) is 9.53 Å². The van der Waals surface area contributed by atoms with Gasteiger partial charge in [0.1, 0.15) is 5.54 Å². The fourth-order valence-electron chi connectivity index (χ4n) is 2.43. The smallest absolute Gasteiger partial charge is 0.340 e. The number of nitrogens with zero attached hydrogens (tertiary/aromatic N) is 1. The fourth-order valence-corrected chi connectivity index (χ4v) is 2.43. The molecule has 0 atom stereocenters. The van der Waals surface area contributed by atoms with Gasteiger partial charge in [-0.15, -0.1) is 0 Å². The quantitative estimate of drug-likeness (QED) is 0.616. The van der Waals surface area contributed by atoms with Crippen molar-refractivity contribution in [2.24, 2.45) is 0 Å². The van der Waals surface area contributed by atoms with Crippen LogP contribution in [0.4, 0.5) is 11.4 Å². The van der Waals surface area contributed by atoms with Crippen LogP contribution in [0, 0.1) is 0 Å². The summed E-state index contributed by atoms with van der Waals surface area (Å²) in [7, 11) is 1.32. The fraction of sp³-hybridized carbons (Fsp3) is 0.429. The van der Waals surface area contributed by atoms with E-state index < -0.39 is 11.5 Å². The molecule has 1 amide bonds. The summed E-state index contributed by atoms with van der Waals surface area (Å²) in [6, 6.07) is 5.06. The van der Waals surface area contributed by atoms with Gasteiger partial charge in [-0.05, 0) is 26.0 Å². The molecule has 108 valence electrons. The van der Waals surface area contributed by atoms with E-state index in [1.54, 1.807) is 32.0 Å². The van der Waals surface area contributed by atoms with Gasteiger partial charge in [0.2, 0.25) is 5.91 Å². The number of hydrogen-bond donors (Lipinski definition) is 2. The molecule has 1 aromatic rings. The van der Waals surface area contributed by atoms with Crippen LogP contribution in [-0.4, -0.2) is 37.6 Å². The van der Waals surface area contributed by atoms with Crippen LogP contribution >= 0.6 is 0 Å². The molecular weight excluding hydrogens is 258 g/mol. The van der Waals surface area contributed by atoms with Gasteiger partial charge in [0.25, 0.3) is 0 Å². The van der Waals surface area contributed by atoms with Gasteiger partial charge in [0.15, 0.2) is 0 Å². The van der Waals surface area contributed by atoms with E-state index in [0.717, 1.165) is 0 Å². The minimum atomic E-state index is -0.781. The highest BCUT2D eigenvalue weighted by atomic mass is 16.5. The molecule has 20 heavy (non-hydrogen) atoms. The molecule has 1 fully saturated rings. The van der Waals surface area contributed by atoms with E-state index in [0.29, 0.717) is 30.0 Å². The van der Waals surface area contributed by atoms with Crippen molar-refractivity contribution < 1.29 is 14.3 Å². The van der Waals surface area contributed by atoms with E-state index in [2.05, 4.69) is 5.32 Å². The minimum Gasteiger partial charge on any atom is -0.465 e. The summed E-state index contributed by atoms with van der Waals surface area (Å²) in [4.78, 5) is 25.8. The van der Waals surface area contributed by atoms with Crippen molar-refractivity contribution in [3.8, 4) is 0 Å². The Morgan fingerprint density at radius 3 is 2.80 bits per heavy atom. The molecule has 1 heterocycles. The van der Waals surface area contributed by atoms with Crippen LogP contribution in [0.5, 0.6) is 0 Å². The second kappa shape index (κ2) is 5.03. The summed E-state index contributed by atoms with van der Waals surface area (Å²) in [5, 5.41) is 2.82. The van der Waals surface area contributed by atoms with Crippen molar-refractivity contribution >= 4 is 23.3 Å². The number of anilines is 2. The molecule has 6 nitrogen and oxygen atoms in total. The van der Waals surface area contributed by atoms with Crippen LogP contribution < -0.4 is 16.0 Å². The predicted octanol–water partition coefficient (Wildman–Crippen LogP) is 0.770. The monoisotopic (exact) mass is 277 g/mol. The third-order valence-corrected chi connectivity index (χ3v) is 3.59. The number of nitrogens with two attached hydrogens (primary N) is 1. The highest BCUT2D eigenvalue weighted by molar-refractivity contribution is 6.01. The molecule has 0 aliphatic carbocycles. The van der Waals surface area contributed by atoms with Crippen molar-refractivity contribution in [1.82, 2.24) is 5.32 Å². The van der Waals surface area contributed by atoms with Crippen LogP contribution in [0.2, 0.25) is 0 Å². The number of para-hydroxylation sites is 1. The summed E-state index contributed by atoms with van der Waals surface area (Å²) >= 11 is 0. The first kappa shape index (κ1) is 14.2. The summed E-state index contributed by atoms with van der Waals surface area (Å²) in [6.07, 6.45) is 0. The van der Waals surface area contributed by atoms with Gasteiger partial charge in [-0.3, -0.25) is 4.79 Å². The van der Waals surface area contributed by atoms with E-state index in [9.17, 15) is 9.59 Å². The zero-order valence-corrected chi connectivity index (χ0v) is 11.9. The number of hydrogen-bond acceptors (Lipinski definition) is 5. The number of methoxy groups -OCH3 is 1. The Labute approximate surface area is 117 Å². The van der Waals surface area contributed by atoms with Crippen molar-refractivity contribution in [2.75, 3.05) is 30.8 Å². The maximum absolute atomic E-state index is 12.1. The zero-order valence-electron chi connectivity index (χ0n) is 11.9. The van der Waals surface area contributed by atoms with Crippen LogP contribution in [0.1, 0.15) is 24.2 Å². The molecule has 1 aromatic carbocycles. The third-order valence-electron chi connectivity index (χ3n) is 3.59. The molecule has 0 saturated carbocycles. The lowest BCUT2D eigenvalue weighted by Gasteiger charge is -2.43. The Hall–Kier alpha value is -2.24. The average Bonchev–Trinajstić information content (AvgIpc) is 2.41. The predicted molar refractivity (Wildman–Crippen MR) is 76.6 cm³/mol. The molecule has 3 N–H and O–H groups in total. The van der Waals surface area contributed by atoms with E-state index in [-0.39, 0.29) is 5.91 Å². The second-order valence-electron chi connectivity index (χ2n) is 5.20. The molecular formula is C14H19N3O3. The van der Waals surface area contributed by atoms with Gasteiger partial charge in [0, 0.05) is 13.1 Å². The number of ether oxygens (including phenoxy) is 1. The SMILES string of the molecule is COC(=O)c1cccc(N)c1N1CCNC(=O)C1(C)C. The molecule has 0 spiro atoms. The summed E-state index contributed by atoms with van der Waals surface area (Å²) < 4.78 is 4.80. The molecule has 1 aliphatic heterocycles. The average molecular weight is 277 g/mol. The van der Waals surface area contributed by atoms with E-state index in [4.69, 9.17) is 10.5 Å². The van der Waals surface area contributed by atoms with Gasteiger partial charge in [-0.25, -0.2) is 4.79 Å². The van der Waals surface area contributed by atoms with Crippen molar-refractivity contribution in [2.45, 2.75) is 19.4 Å². The number of piperazine rings is 1. The van der Waals surface area contributed by atoms with Gasteiger partial charge in [-0.2, -0.15) is 0 Å². The maximum atomic E-state index is 12.1. The van der Waals surface area contributed by atoms with E-state index in [1.807, 2.05) is 4.90 Å². The molecule has 0 aromatic heterocycles. The van der Waals surface area contributed by atoms with E-state index in [1.165, 1.54) is 7.11 Å². The molecule has 1 aliphatic rings. The Kier molecular flexibility index (Phi) is 3.57. The van der Waals surface area contributed by atoms with Gasteiger partial charge >= 0.3 is 5.97 Å². The number of nitrogen functional groups attached to an aromatic ring is 1. The molecule has 0 unspecified atom stereocenters. The molecule has 6 heteroatoms. The summed E-state index contributed by atoms with van der Waals surface area (Å²) in [5.41, 5.74) is 6.63. The lowest BCUT2D eigenvalue weighted by atomic mass is 9.96. The first-order valence-electron chi connectivity index (χ1n) is 6.42. The van der Waals surface area contributed by atoms with Gasteiger partial charge in [0.05, 0.1) is 24.0 Å². The first-order valence-corrected chi connectivity index (χ1v) is 6.42. The van der Waals surface area contributed by atoms with Crippen molar-refractivity contribution in [3.05, 3.63) is 23.8 Å². The number of amides is 1. The Bertz CT molecular complexity index is 555. The standard InChI is InChI=1S/C14H19N3O3/c1-14(2)13(19)16-7-8-17(14)11-9(12(18)20-3)5-4-6-10(11)15/h4-6H,7-8,15H2,1-3H3,(H,16,19). The lowest BCUT2D eigenvalue weighted by molar-refractivity contribution is -0.126. The summed E-state index contributed by atoms with van der Waals surface area (Å²) in [5.74, 6) is -0.558. The maximum Gasteiger partial charge on any atom is 0.340 e. The van der Waals surface area contributed by atoms with Crippen LogP contribution in [0.15, 0.2) is 18.2 Å². The van der Waals surface area contributed by atoms with E-state index >= 15 is 0 Å². The molecule has 1 saturated heterocycles. The van der Waals surface area contributed by atoms with Crippen molar-refractivity contribution in [3.63, 3.8) is 0 Å². The number of carbonyl (C=O) groups excluding carboxylic acids is 2. The number of nitrogens with one attached hydrogen (secondary N) is 1. The number of benzene rings is 1. The topological polar surface area (TPSA) is 84.7 Å². The highest BCUT2D eigenvalue weighted by Crippen LogP contribution is 2.34. The highest BCUT2D eigenvalue weighted by Gasteiger charge is 2.40. The first-order chi connectivity index (χ1) is 9.39. The number of esters is 1. The molecule has 0 bridgehead atoms. The Balaban J connectivity index is 2.56. The Morgan fingerprint density at radius 1 is 1.45 bits per heavy atom. The van der Waals surface area contributed by atoms with Crippen molar-refractivity contribution in [1.29, 1.82) is 0 Å². The number of rotatable bonds is 2. The Morgan fingerprint density at radius 2 is 2.15 bits per heavy atom. The third kappa shape index (κ3) is 2.17. The number of carbonyl (C=O) groups is 2. The van der Waals surface area contributed by atoms with Gasteiger partial charge in [-0.1, -0.05) is 6.07 Å². The molecule has 2 rings (SSSR count). The minimum absolute atomic E-state index is 0.0946.